The second-order valence-corrected chi connectivity index (χ2v) is 5.45. The monoisotopic (exact) mass is 263 g/mol. The molecule has 2 rings (SSSR count). The molecule has 2 atom stereocenters. The third kappa shape index (κ3) is 3.28. The van der Waals surface area contributed by atoms with Gasteiger partial charge in [-0.05, 0) is 50.7 Å². The largest absolute Gasteiger partial charge is 0.496 e. The van der Waals surface area contributed by atoms with Crippen LogP contribution < -0.4 is 10.5 Å². The molecule has 0 aromatic heterocycles. The third-order valence-electron chi connectivity index (χ3n) is 4.13. The minimum Gasteiger partial charge on any atom is -0.496 e. The first-order chi connectivity index (χ1) is 9.13. The molecular formula is C16H25NO2. The van der Waals surface area contributed by atoms with Crippen molar-refractivity contribution in [2.45, 2.75) is 51.7 Å². The molecule has 0 bridgehead atoms. The topological polar surface area (TPSA) is 44.5 Å². The van der Waals surface area contributed by atoms with Crippen molar-refractivity contribution in [3.63, 3.8) is 0 Å². The van der Waals surface area contributed by atoms with Gasteiger partial charge in [0.05, 0.1) is 13.2 Å². The Balaban J connectivity index is 2.05. The summed E-state index contributed by atoms with van der Waals surface area (Å²) in [6, 6.07) is 4.25. The average molecular weight is 263 g/mol. The fourth-order valence-corrected chi connectivity index (χ4v) is 2.77. The van der Waals surface area contributed by atoms with E-state index in [0.29, 0.717) is 6.10 Å². The van der Waals surface area contributed by atoms with Gasteiger partial charge in [0.1, 0.15) is 5.75 Å². The Labute approximate surface area is 116 Å². The Bertz CT molecular complexity index is 425. The maximum absolute atomic E-state index is 6.33. The lowest BCUT2D eigenvalue weighted by Crippen LogP contribution is -2.15. The van der Waals surface area contributed by atoms with Crippen LogP contribution in [0.25, 0.3) is 0 Å². The highest BCUT2D eigenvalue weighted by Crippen LogP contribution is 2.32. The molecule has 3 nitrogen and oxygen atoms in total. The van der Waals surface area contributed by atoms with Crippen molar-refractivity contribution >= 4 is 0 Å². The minimum atomic E-state index is 0.0263. The molecule has 106 valence electrons. The first kappa shape index (κ1) is 14.4. The van der Waals surface area contributed by atoms with Gasteiger partial charge in [-0.25, -0.2) is 0 Å². The Morgan fingerprint density at radius 1 is 1.42 bits per heavy atom. The van der Waals surface area contributed by atoms with Crippen molar-refractivity contribution in [3.8, 4) is 5.75 Å². The molecule has 1 heterocycles. The second kappa shape index (κ2) is 6.40. The third-order valence-corrected chi connectivity index (χ3v) is 4.13. The quantitative estimate of drug-likeness (QED) is 0.886. The summed E-state index contributed by atoms with van der Waals surface area (Å²) in [5.74, 6) is 0.944. The highest BCUT2D eigenvalue weighted by Gasteiger charge is 2.19. The maximum Gasteiger partial charge on any atom is 0.126 e. The number of aryl methyl sites for hydroxylation is 1. The van der Waals surface area contributed by atoms with Crippen molar-refractivity contribution in [1.82, 2.24) is 0 Å². The van der Waals surface area contributed by atoms with Crippen LogP contribution in [0, 0.1) is 13.8 Å². The van der Waals surface area contributed by atoms with Crippen LogP contribution in [0.15, 0.2) is 12.1 Å². The molecule has 2 N–H and O–H groups in total. The van der Waals surface area contributed by atoms with Crippen molar-refractivity contribution in [3.05, 3.63) is 28.8 Å². The summed E-state index contributed by atoms with van der Waals surface area (Å²) in [6.45, 7) is 5.09. The number of hydrogen-bond donors (Lipinski definition) is 1. The summed E-state index contributed by atoms with van der Waals surface area (Å²) in [5, 5.41) is 0. The fourth-order valence-electron chi connectivity index (χ4n) is 2.77. The Morgan fingerprint density at radius 3 is 2.84 bits per heavy atom. The van der Waals surface area contributed by atoms with E-state index < -0.39 is 0 Å². The summed E-state index contributed by atoms with van der Waals surface area (Å²) >= 11 is 0. The molecule has 19 heavy (non-hydrogen) atoms. The molecule has 0 radical (unpaired) electrons. The Kier molecular flexibility index (Phi) is 4.83. The molecule has 1 aliphatic rings. The zero-order valence-electron chi connectivity index (χ0n) is 12.2. The number of methoxy groups -OCH3 is 1. The summed E-state index contributed by atoms with van der Waals surface area (Å²) < 4.78 is 11.2. The van der Waals surface area contributed by atoms with Gasteiger partial charge < -0.3 is 15.2 Å². The van der Waals surface area contributed by atoms with E-state index in [1.165, 1.54) is 24.0 Å². The summed E-state index contributed by atoms with van der Waals surface area (Å²) in [7, 11) is 1.72. The SMILES string of the molecule is COc1c(C(N)CCC2CCCO2)ccc(C)c1C. The number of benzene rings is 1. The van der Waals surface area contributed by atoms with E-state index in [4.69, 9.17) is 15.2 Å². The van der Waals surface area contributed by atoms with Gasteiger partial charge in [-0.2, -0.15) is 0 Å². The van der Waals surface area contributed by atoms with Gasteiger partial charge in [0.15, 0.2) is 0 Å². The molecule has 1 saturated heterocycles. The van der Waals surface area contributed by atoms with E-state index in [1.54, 1.807) is 7.11 Å². The van der Waals surface area contributed by atoms with Gasteiger partial charge in [-0.15, -0.1) is 0 Å². The molecule has 1 aromatic carbocycles. The van der Waals surface area contributed by atoms with Crippen LogP contribution in [0.4, 0.5) is 0 Å². The highest BCUT2D eigenvalue weighted by molar-refractivity contribution is 5.46. The zero-order valence-corrected chi connectivity index (χ0v) is 12.2. The Morgan fingerprint density at radius 2 is 2.21 bits per heavy atom. The molecular weight excluding hydrogens is 238 g/mol. The highest BCUT2D eigenvalue weighted by atomic mass is 16.5. The lowest BCUT2D eigenvalue weighted by atomic mass is 9.95. The zero-order chi connectivity index (χ0) is 13.8. The first-order valence-electron chi connectivity index (χ1n) is 7.14. The minimum absolute atomic E-state index is 0.0263. The van der Waals surface area contributed by atoms with E-state index >= 15 is 0 Å². The van der Waals surface area contributed by atoms with Crippen molar-refractivity contribution in [2.24, 2.45) is 5.73 Å². The number of rotatable bonds is 5. The lowest BCUT2D eigenvalue weighted by molar-refractivity contribution is 0.101. The van der Waals surface area contributed by atoms with Gasteiger partial charge in [-0.3, -0.25) is 0 Å². The predicted octanol–water partition coefficient (Wildman–Crippen LogP) is 3.27. The number of nitrogens with two attached hydrogens (primary N) is 1. The number of hydrogen-bond acceptors (Lipinski definition) is 3. The molecule has 0 amide bonds. The van der Waals surface area contributed by atoms with Gasteiger partial charge in [0.2, 0.25) is 0 Å². The van der Waals surface area contributed by atoms with Crippen molar-refractivity contribution in [1.29, 1.82) is 0 Å². The van der Waals surface area contributed by atoms with E-state index in [1.807, 2.05) is 0 Å². The van der Waals surface area contributed by atoms with Crippen molar-refractivity contribution in [2.75, 3.05) is 13.7 Å². The van der Waals surface area contributed by atoms with Crippen LogP contribution in [-0.4, -0.2) is 19.8 Å². The van der Waals surface area contributed by atoms with E-state index in [9.17, 15) is 0 Å². The van der Waals surface area contributed by atoms with E-state index in [-0.39, 0.29) is 6.04 Å². The summed E-state index contributed by atoms with van der Waals surface area (Å²) in [5.41, 5.74) is 9.88. The molecule has 1 aliphatic heterocycles. The fraction of sp³-hybridized carbons (Fsp3) is 0.625. The van der Waals surface area contributed by atoms with E-state index in [2.05, 4.69) is 26.0 Å². The van der Waals surface area contributed by atoms with Gasteiger partial charge >= 0.3 is 0 Å². The lowest BCUT2D eigenvalue weighted by Gasteiger charge is -2.20. The second-order valence-electron chi connectivity index (χ2n) is 5.45. The van der Waals surface area contributed by atoms with Crippen molar-refractivity contribution < 1.29 is 9.47 Å². The Hall–Kier alpha value is -1.06. The maximum atomic E-state index is 6.33. The van der Waals surface area contributed by atoms with Gasteiger partial charge in [0, 0.05) is 18.2 Å². The van der Waals surface area contributed by atoms with Crippen LogP contribution >= 0.6 is 0 Å². The normalized spacial score (nSPS) is 20.5. The summed E-state index contributed by atoms with van der Waals surface area (Å²) in [4.78, 5) is 0. The van der Waals surface area contributed by atoms with Crippen LogP contribution in [0.1, 0.15) is 48.4 Å². The predicted molar refractivity (Wildman–Crippen MR) is 77.6 cm³/mol. The molecule has 1 aromatic rings. The standard InChI is InChI=1S/C16H25NO2/c1-11-6-8-14(16(18-3)12(11)2)15(17)9-7-13-5-4-10-19-13/h6,8,13,15H,4-5,7,9-10,17H2,1-3H3. The average Bonchev–Trinajstić information content (AvgIpc) is 2.92. The van der Waals surface area contributed by atoms with E-state index in [0.717, 1.165) is 30.8 Å². The number of ether oxygens (including phenoxy) is 2. The van der Waals surface area contributed by atoms with Crippen LogP contribution in [0.3, 0.4) is 0 Å². The summed E-state index contributed by atoms with van der Waals surface area (Å²) in [6.07, 6.45) is 4.76. The molecule has 0 spiro atoms. The van der Waals surface area contributed by atoms with Gasteiger partial charge in [0.25, 0.3) is 0 Å². The van der Waals surface area contributed by atoms with Gasteiger partial charge in [-0.1, -0.05) is 12.1 Å². The molecule has 3 heteroatoms. The molecule has 0 aliphatic carbocycles. The van der Waals surface area contributed by atoms with Crippen LogP contribution in [-0.2, 0) is 4.74 Å². The smallest absolute Gasteiger partial charge is 0.126 e. The molecule has 1 fully saturated rings. The molecule has 2 unspecified atom stereocenters. The van der Waals surface area contributed by atoms with Crippen LogP contribution in [0.5, 0.6) is 5.75 Å². The molecule has 0 saturated carbocycles. The van der Waals surface area contributed by atoms with Crippen LogP contribution in [0.2, 0.25) is 0 Å². The first-order valence-corrected chi connectivity index (χ1v) is 7.14.